The molecule has 0 saturated carbocycles. The van der Waals surface area contributed by atoms with Gasteiger partial charge >= 0.3 is 12.1 Å². The molecule has 2 amide bonds. The monoisotopic (exact) mass is 646 g/mol. The lowest BCUT2D eigenvalue weighted by Crippen LogP contribution is -2.53. The van der Waals surface area contributed by atoms with E-state index in [1.807, 2.05) is 0 Å². The van der Waals surface area contributed by atoms with Crippen LogP contribution in [0.3, 0.4) is 0 Å². The number of ether oxygens (including phenoxy) is 2. The van der Waals surface area contributed by atoms with Crippen LogP contribution in [0.25, 0.3) is 22.3 Å². The van der Waals surface area contributed by atoms with Crippen molar-refractivity contribution >= 4 is 28.9 Å². The number of rotatable bonds is 3. The van der Waals surface area contributed by atoms with Gasteiger partial charge in [0.05, 0.1) is 35.1 Å². The van der Waals surface area contributed by atoms with Crippen molar-refractivity contribution in [1.29, 1.82) is 0 Å². The lowest BCUT2D eigenvalue weighted by molar-refractivity contribution is -0.172. The minimum absolute atomic E-state index is 0.00835. The SMILES string of the molecule is CC[C@@]1(O)C(=O)OCc2c1cc1n(c2=O)Cc2c-1nc1cc(F)c(C)c3c1c2[C@@H](NC(=O)[C@@H]1CCCCN1C(=O)OC(C)(C)C)CC3. The molecule has 248 valence electrons. The first-order valence-corrected chi connectivity index (χ1v) is 16.3. The van der Waals surface area contributed by atoms with Crippen LogP contribution in [0, 0.1) is 12.7 Å². The zero-order chi connectivity index (χ0) is 33.6. The van der Waals surface area contributed by atoms with E-state index in [2.05, 4.69) is 5.32 Å². The summed E-state index contributed by atoms with van der Waals surface area (Å²) in [6.07, 6.45) is 2.51. The van der Waals surface area contributed by atoms with E-state index in [4.69, 9.17) is 14.5 Å². The minimum Gasteiger partial charge on any atom is -0.458 e. The molecule has 7 rings (SSSR count). The number of nitrogens with zero attached hydrogens (tertiary/aromatic N) is 3. The Labute approximate surface area is 271 Å². The number of aliphatic hydroxyl groups is 1. The van der Waals surface area contributed by atoms with Gasteiger partial charge in [-0.15, -0.1) is 0 Å². The number of cyclic esters (lactones) is 1. The molecule has 2 aromatic heterocycles. The number of likely N-dealkylation sites (tertiary alicyclic amines) is 1. The number of nitrogens with one attached hydrogen (secondary N) is 1. The number of piperidine rings is 1. The van der Waals surface area contributed by atoms with Gasteiger partial charge in [0.15, 0.2) is 5.60 Å². The van der Waals surface area contributed by atoms with Crippen molar-refractivity contribution in [2.45, 2.75) is 110 Å². The summed E-state index contributed by atoms with van der Waals surface area (Å²) >= 11 is 0. The van der Waals surface area contributed by atoms with Crippen molar-refractivity contribution in [2.24, 2.45) is 0 Å². The Morgan fingerprint density at radius 1 is 1.17 bits per heavy atom. The number of pyridine rings is 2. The van der Waals surface area contributed by atoms with Crippen LogP contribution in [0.2, 0.25) is 0 Å². The maximum Gasteiger partial charge on any atom is 0.410 e. The number of esters is 1. The fraction of sp³-hybridized carbons (Fsp3) is 0.514. The zero-order valence-electron chi connectivity index (χ0n) is 27.3. The van der Waals surface area contributed by atoms with Gasteiger partial charge in [-0.05, 0) is 89.0 Å². The van der Waals surface area contributed by atoms with E-state index >= 15 is 4.39 Å². The second kappa shape index (κ2) is 10.9. The molecule has 2 N–H and O–H groups in total. The molecule has 1 aromatic carbocycles. The first kappa shape index (κ1) is 31.3. The second-order valence-electron chi connectivity index (χ2n) is 14.1. The van der Waals surface area contributed by atoms with E-state index in [-0.39, 0.29) is 36.6 Å². The Morgan fingerprint density at radius 2 is 1.94 bits per heavy atom. The van der Waals surface area contributed by atoms with Crippen molar-refractivity contribution in [3.8, 4) is 11.4 Å². The van der Waals surface area contributed by atoms with Crippen LogP contribution in [-0.2, 0) is 44.2 Å². The van der Waals surface area contributed by atoms with Gasteiger partial charge < -0.3 is 24.5 Å². The molecule has 1 aliphatic carbocycles. The molecule has 3 atom stereocenters. The van der Waals surface area contributed by atoms with Crippen LogP contribution in [0.4, 0.5) is 9.18 Å². The average molecular weight is 647 g/mol. The van der Waals surface area contributed by atoms with Crippen molar-refractivity contribution < 1.29 is 33.4 Å². The van der Waals surface area contributed by atoms with Gasteiger partial charge in [0, 0.05) is 29.1 Å². The predicted octanol–water partition coefficient (Wildman–Crippen LogP) is 4.42. The molecular formula is C35H39FN4O7. The molecule has 0 spiro atoms. The number of aryl methyl sites for hydroxylation is 1. The van der Waals surface area contributed by atoms with E-state index in [1.54, 1.807) is 45.3 Å². The Balaban J connectivity index is 1.35. The van der Waals surface area contributed by atoms with E-state index in [0.717, 1.165) is 29.4 Å². The number of carbonyl (C=O) groups excluding carboxylic acids is 3. The number of fused-ring (bicyclic) bond motifs is 5. The Kier molecular flexibility index (Phi) is 7.23. The van der Waals surface area contributed by atoms with Crippen molar-refractivity contribution in [3.05, 3.63) is 61.7 Å². The maximum atomic E-state index is 15.3. The highest BCUT2D eigenvalue weighted by Gasteiger charge is 2.46. The van der Waals surface area contributed by atoms with E-state index < -0.39 is 46.7 Å². The smallest absolute Gasteiger partial charge is 0.410 e. The fourth-order valence-electron chi connectivity index (χ4n) is 7.71. The van der Waals surface area contributed by atoms with Gasteiger partial charge in [0.1, 0.15) is 24.1 Å². The largest absolute Gasteiger partial charge is 0.458 e. The van der Waals surface area contributed by atoms with Crippen LogP contribution in [-0.4, -0.2) is 55.7 Å². The quantitative estimate of drug-likeness (QED) is 0.312. The number of carbonyl (C=O) groups is 3. The third-order valence-corrected chi connectivity index (χ3v) is 10.1. The number of hydrogen-bond acceptors (Lipinski definition) is 8. The Morgan fingerprint density at radius 3 is 2.66 bits per heavy atom. The molecule has 4 aliphatic rings. The summed E-state index contributed by atoms with van der Waals surface area (Å²) in [4.78, 5) is 60.1. The van der Waals surface area contributed by atoms with E-state index in [9.17, 15) is 24.3 Å². The van der Waals surface area contributed by atoms with Gasteiger partial charge in [-0.25, -0.2) is 19.0 Å². The number of hydrogen-bond donors (Lipinski definition) is 2. The molecule has 11 nitrogen and oxygen atoms in total. The molecule has 3 aromatic rings. The number of benzene rings is 1. The summed E-state index contributed by atoms with van der Waals surface area (Å²) in [6, 6.07) is 1.79. The third-order valence-electron chi connectivity index (χ3n) is 10.1. The summed E-state index contributed by atoms with van der Waals surface area (Å²) in [5.74, 6) is -1.51. The second-order valence-corrected chi connectivity index (χ2v) is 14.1. The highest BCUT2D eigenvalue weighted by Crippen LogP contribution is 2.46. The Hall–Kier alpha value is -4.32. The van der Waals surface area contributed by atoms with E-state index in [0.29, 0.717) is 53.8 Å². The van der Waals surface area contributed by atoms with E-state index in [1.165, 1.54) is 11.0 Å². The van der Waals surface area contributed by atoms with Crippen molar-refractivity contribution in [1.82, 2.24) is 19.8 Å². The van der Waals surface area contributed by atoms with Gasteiger partial charge in [-0.1, -0.05) is 6.92 Å². The minimum atomic E-state index is -1.98. The number of amides is 2. The van der Waals surface area contributed by atoms with Crippen LogP contribution in [0.1, 0.15) is 99.2 Å². The zero-order valence-corrected chi connectivity index (χ0v) is 27.3. The molecule has 0 unspecified atom stereocenters. The van der Waals surface area contributed by atoms with Crippen molar-refractivity contribution in [3.63, 3.8) is 0 Å². The number of halogens is 1. The summed E-state index contributed by atoms with van der Waals surface area (Å²) in [7, 11) is 0. The predicted molar refractivity (Wildman–Crippen MR) is 169 cm³/mol. The third kappa shape index (κ3) is 4.82. The molecule has 3 aliphatic heterocycles. The van der Waals surface area contributed by atoms with Crippen LogP contribution in [0.5, 0.6) is 0 Å². The van der Waals surface area contributed by atoms with Crippen molar-refractivity contribution in [2.75, 3.05) is 6.54 Å². The lowest BCUT2D eigenvalue weighted by Gasteiger charge is -2.37. The molecule has 12 heteroatoms. The van der Waals surface area contributed by atoms with Crippen LogP contribution < -0.4 is 10.9 Å². The fourth-order valence-corrected chi connectivity index (χ4v) is 7.71. The average Bonchev–Trinajstić information content (AvgIpc) is 3.40. The normalized spacial score (nSPS) is 23.1. The molecule has 0 radical (unpaired) electrons. The summed E-state index contributed by atoms with van der Waals surface area (Å²) in [6.45, 7) is 9.04. The van der Waals surface area contributed by atoms with Crippen LogP contribution >= 0.6 is 0 Å². The molecular weight excluding hydrogens is 607 g/mol. The number of aromatic nitrogens is 2. The Bertz CT molecular complexity index is 1950. The topological polar surface area (TPSA) is 140 Å². The highest BCUT2D eigenvalue weighted by atomic mass is 19.1. The standard InChI is InChI=1S/C35H39FN4O7/c1-6-35(45)21-13-26-29-19(15-40(26)31(42)20(21)16-46-32(35)43)28-23(11-10-18-17(2)22(36)14-24(37-29)27(18)28)38-30(41)25-9-7-8-12-39(25)33(44)47-34(3,4)5/h13-14,23,25,45H,6-12,15-16H2,1-5H3,(H,38,41)/t23-,25-,35-/m0/s1. The molecule has 1 fully saturated rings. The molecule has 1 saturated heterocycles. The lowest BCUT2D eigenvalue weighted by atomic mass is 9.81. The molecule has 5 heterocycles. The van der Waals surface area contributed by atoms with Gasteiger partial charge in [-0.2, -0.15) is 0 Å². The van der Waals surface area contributed by atoms with Gasteiger partial charge in [-0.3, -0.25) is 14.5 Å². The molecule has 47 heavy (non-hydrogen) atoms. The summed E-state index contributed by atoms with van der Waals surface area (Å²) in [5, 5.41) is 15.3. The first-order valence-electron chi connectivity index (χ1n) is 16.3. The summed E-state index contributed by atoms with van der Waals surface area (Å²) in [5.41, 5.74) is 1.35. The van der Waals surface area contributed by atoms with Gasteiger partial charge in [0.25, 0.3) is 5.56 Å². The molecule has 0 bridgehead atoms. The summed E-state index contributed by atoms with van der Waals surface area (Å²) < 4.78 is 27.7. The highest BCUT2D eigenvalue weighted by molar-refractivity contribution is 5.94. The maximum absolute atomic E-state index is 15.3. The first-order chi connectivity index (χ1) is 22.2. The van der Waals surface area contributed by atoms with Gasteiger partial charge in [0.2, 0.25) is 5.91 Å². The van der Waals surface area contributed by atoms with Crippen LogP contribution in [0.15, 0.2) is 16.9 Å².